The number of fused-ring (bicyclic) bond motifs is 1. The molecule has 0 saturated carbocycles. The Hall–Kier alpha value is -2.92. The number of aromatic amines is 1. The van der Waals surface area contributed by atoms with Crippen molar-refractivity contribution in [1.29, 1.82) is 0 Å². The van der Waals surface area contributed by atoms with Crippen LogP contribution in [0.15, 0.2) is 48.7 Å². The Kier molecular flexibility index (Phi) is 5.26. The van der Waals surface area contributed by atoms with Crippen molar-refractivity contribution in [3.05, 3.63) is 59.8 Å². The van der Waals surface area contributed by atoms with Gasteiger partial charge in [-0.2, -0.15) is 0 Å². The van der Waals surface area contributed by atoms with Gasteiger partial charge in [-0.15, -0.1) is 0 Å². The van der Waals surface area contributed by atoms with Crippen molar-refractivity contribution in [2.75, 3.05) is 34.4 Å². The van der Waals surface area contributed by atoms with Crippen molar-refractivity contribution in [3.8, 4) is 17.2 Å². The number of ether oxygens (including phenoxy) is 3. The summed E-state index contributed by atoms with van der Waals surface area (Å²) >= 11 is 0. The molecule has 2 heterocycles. The van der Waals surface area contributed by atoms with Crippen molar-refractivity contribution in [3.63, 3.8) is 0 Å². The lowest BCUT2D eigenvalue weighted by Crippen LogP contribution is -2.28. The number of hydrogen-bond acceptors (Lipinski definition) is 4. The molecule has 2 aromatic carbocycles. The normalized spacial score (nSPS) is 14.8. The first-order valence-corrected chi connectivity index (χ1v) is 9.49. The second-order valence-electron chi connectivity index (χ2n) is 7.02. The summed E-state index contributed by atoms with van der Waals surface area (Å²) in [5.74, 6) is 2.43. The highest BCUT2D eigenvalue weighted by atomic mass is 16.5. The molecule has 1 aliphatic rings. The summed E-state index contributed by atoms with van der Waals surface area (Å²) in [5.41, 5.74) is 5.04. The van der Waals surface area contributed by atoms with Crippen molar-refractivity contribution < 1.29 is 14.2 Å². The Balaban J connectivity index is 1.49. The van der Waals surface area contributed by atoms with Crippen LogP contribution >= 0.6 is 0 Å². The first-order chi connectivity index (χ1) is 13.7. The molecule has 1 aliphatic heterocycles. The molecule has 5 nitrogen and oxygen atoms in total. The Labute approximate surface area is 165 Å². The molecule has 0 spiro atoms. The average Bonchev–Trinajstić information content (AvgIpc) is 3.17. The van der Waals surface area contributed by atoms with E-state index < -0.39 is 0 Å². The zero-order chi connectivity index (χ0) is 19.5. The topological polar surface area (TPSA) is 46.7 Å². The van der Waals surface area contributed by atoms with Gasteiger partial charge >= 0.3 is 0 Å². The van der Waals surface area contributed by atoms with E-state index in [0.29, 0.717) is 0 Å². The zero-order valence-corrected chi connectivity index (χ0v) is 16.6. The van der Waals surface area contributed by atoms with Gasteiger partial charge < -0.3 is 19.2 Å². The molecule has 0 amide bonds. The lowest BCUT2D eigenvalue weighted by atomic mass is 9.98. The second-order valence-corrected chi connectivity index (χ2v) is 7.02. The molecule has 0 aliphatic carbocycles. The largest absolute Gasteiger partial charge is 0.497 e. The highest BCUT2D eigenvalue weighted by Gasteiger charge is 2.17. The summed E-state index contributed by atoms with van der Waals surface area (Å²) in [6.07, 6.45) is 5.48. The molecular formula is C23H26N2O3. The van der Waals surface area contributed by atoms with Gasteiger partial charge in [-0.3, -0.25) is 4.90 Å². The van der Waals surface area contributed by atoms with Gasteiger partial charge in [0.1, 0.15) is 5.75 Å². The predicted octanol–water partition coefficient (Wildman–Crippen LogP) is 4.48. The molecule has 28 heavy (non-hydrogen) atoms. The van der Waals surface area contributed by atoms with Crippen LogP contribution in [0, 0.1) is 0 Å². The van der Waals surface area contributed by atoms with E-state index in [9.17, 15) is 0 Å². The number of H-pyrrole nitrogens is 1. The molecule has 0 fully saturated rings. The maximum Gasteiger partial charge on any atom is 0.161 e. The first-order valence-electron chi connectivity index (χ1n) is 9.49. The minimum Gasteiger partial charge on any atom is -0.497 e. The van der Waals surface area contributed by atoms with Gasteiger partial charge in [0.25, 0.3) is 0 Å². The average molecular weight is 378 g/mol. The first kappa shape index (κ1) is 18.4. The second kappa shape index (κ2) is 7.98. The van der Waals surface area contributed by atoms with Gasteiger partial charge in [0, 0.05) is 42.3 Å². The van der Waals surface area contributed by atoms with E-state index in [0.717, 1.165) is 48.8 Å². The molecule has 0 atom stereocenters. The number of aromatic nitrogens is 1. The molecule has 0 unspecified atom stereocenters. The lowest BCUT2D eigenvalue weighted by Gasteiger charge is -2.26. The highest BCUT2D eigenvalue weighted by Crippen LogP contribution is 2.32. The number of nitrogens with zero attached hydrogens (tertiary/aromatic N) is 1. The maximum absolute atomic E-state index is 5.42. The summed E-state index contributed by atoms with van der Waals surface area (Å²) in [4.78, 5) is 5.82. The van der Waals surface area contributed by atoms with Crippen LogP contribution < -0.4 is 14.2 Å². The summed E-state index contributed by atoms with van der Waals surface area (Å²) in [5, 5.41) is 1.22. The van der Waals surface area contributed by atoms with Crippen LogP contribution in [-0.4, -0.2) is 44.3 Å². The minimum absolute atomic E-state index is 0.766. The number of rotatable bonds is 6. The van der Waals surface area contributed by atoms with Crippen LogP contribution in [-0.2, 0) is 6.54 Å². The molecule has 1 N–H and O–H groups in total. The van der Waals surface area contributed by atoms with E-state index in [-0.39, 0.29) is 0 Å². The Morgan fingerprint density at radius 1 is 0.964 bits per heavy atom. The van der Waals surface area contributed by atoms with Crippen molar-refractivity contribution >= 4 is 16.5 Å². The Bertz CT molecular complexity index is 1010. The number of hydrogen-bond donors (Lipinski definition) is 1. The fourth-order valence-corrected chi connectivity index (χ4v) is 3.83. The van der Waals surface area contributed by atoms with Crippen LogP contribution in [0.4, 0.5) is 0 Å². The van der Waals surface area contributed by atoms with Gasteiger partial charge in [0.05, 0.1) is 21.3 Å². The van der Waals surface area contributed by atoms with E-state index >= 15 is 0 Å². The SMILES string of the molecule is COc1ccc2[nH]cc(C3=CCN(Cc4ccc(OC)c(OC)c4)CC3)c2c1. The standard InChI is InChI=1S/C23H26N2O3/c1-26-18-5-6-21-19(13-18)20(14-24-21)17-8-10-25(11-9-17)15-16-4-7-22(27-2)23(12-16)28-3/h4-8,12-14,24H,9-11,15H2,1-3H3. The monoisotopic (exact) mass is 378 g/mol. The van der Waals surface area contributed by atoms with Crippen LogP contribution in [0.25, 0.3) is 16.5 Å². The smallest absolute Gasteiger partial charge is 0.161 e. The van der Waals surface area contributed by atoms with E-state index in [1.165, 1.54) is 22.1 Å². The van der Waals surface area contributed by atoms with Gasteiger partial charge in [-0.05, 0) is 47.9 Å². The summed E-state index contributed by atoms with van der Waals surface area (Å²) in [6, 6.07) is 12.3. The van der Waals surface area contributed by atoms with Crippen molar-refractivity contribution in [2.45, 2.75) is 13.0 Å². The molecule has 4 rings (SSSR count). The molecular weight excluding hydrogens is 352 g/mol. The van der Waals surface area contributed by atoms with Crippen LogP contribution in [0.3, 0.4) is 0 Å². The number of methoxy groups -OCH3 is 3. The molecule has 0 saturated heterocycles. The maximum atomic E-state index is 5.42. The fourth-order valence-electron chi connectivity index (χ4n) is 3.83. The van der Waals surface area contributed by atoms with Crippen molar-refractivity contribution in [1.82, 2.24) is 9.88 Å². The Morgan fingerprint density at radius 2 is 1.82 bits per heavy atom. The molecule has 3 aromatic rings. The quantitative estimate of drug-likeness (QED) is 0.687. The molecule has 0 bridgehead atoms. The molecule has 146 valence electrons. The lowest BCUT2D eigenvalue weighted by molar-refractivity contribution is 0.292. The van der Waals surface area contributed by atoms with Crippen LogP contribution in [0.1, 0.15) is 17.5 Å². The third-order valence-corrected chi connectivity index (χ3v) is 5.38. The molecule has 1 aromatic heterocycles. The Morgan fingerprint density at radius 3 is 2.54 bits per heavy atom. The van der Waals surface area contributed by atoms with Crippen LogP contribution in [0.2, 0.25) is 0 Å². The van der Waals surface area contributed by atoms with E-state index in [2.05, 4.69) is 46.4 Å². The van der Waals surface area contributed by atoms with E-state index in [1.54, 1.807) is 21.3 Å². The summed E-state index contributed by atoms with van der Waals surface area (Å²) in [6.45, 7) is 2.85. The minimum atomic E-state index is 0.766. The summed E-state index contributed by atoms with van der Waals surface area (Å²) in [7, 11) is 5.04. The van der Waals surface area contributed by atoms with E-state index in [1.807, 2.05) is 12.1 Å². The third kappa shape index (κ3) is 3.58. The van der Waals surface area contributed by atoms with Gasteiger partial charge in [-0.1, -0.05) is 12.1 Å². The molecule has 5 heteroatoms. The zero-order valence-electron chi connectivity index (χ0n) is 16.6. The number of benzene rings is 2. The molecule has 0 radical (unpaired) electrons. The van der Waals surface area contributed by atoms with E-state index in [4.69, 9.17) is 14.2 Å². The van der Waals surface area contributed by atoms with Gasteiger partial charge in [-0.25, -0.2) is 0 Å². The van der Waals surface area contributed by atoms with Gasteiger partial charge in [0.15, 0.2) is 11.5 Å². The van der Waals surface area contributed by atoms with Crippen molar-refractivity contribution in [2.24, 2.45) is 0 Å². The van der Waals surface area contributed by atoms with Gasteiger partial charge in [0.2, 0.25) is 0 Å². The third-order valence-electron chi connectivity index (χ3n) is 5.38. The predicted molar refractivity (Wildman–Crippen MR) is 112 cm³/mol. The van der Waals surface area contributed by atoms with Crippen LogP contribution in [0.5, 0.6) is 17.2 Å². The number of nitrogens with one attached hydrogen (secondary N) is 1. The summed E-state index contributed by atoms with van der Waals surface area (Å²) < 4.78 is 16.1. The fraction of sp³-hybridized carbons (Fsp3) is 0.304. The highest BCUT2D eigenvalue weighted by molar-refractivity contribution is 5.93.